The van der Waals surface area contributed by atoms with Gasteiger partial charge in [0.25, 0.3) is 0 Å². The summed E-state index contributed by atoms with van der Waals surface area (Å²) in [6.45, 7) is 0. The summed E-state index contributed by atoms with van der Waals surface area (Å²) in [5.74, 6) is 0. The predicted octanol–water partition coefficient (Wildman–Crippen LogP) is 10.5. The summed E-state index contributed by atoms with van der Waals surface area (Å²) >= 11 is 0. The van der Waals surface area contributed by atoms with E-state index in [1.165, 1.54) is 60.5 Å². The van der Waals surface area contributed by atoms with E-state index in [4.69, 9.17) is 0 Å². The molecule has 0 aromatic heterocycles. The van der Waals surface area contributed by atoms with Gasteiger partial charge in [-0.3, -0.25) is 0 Å². The summed E-state index contributed by atoms with van der Waals surface area (Å²) in [4.78, 5) is 0. The van der Waals surface area contributed by atoms with Crippen molar-refractivity contribution in [1.29, 1.82) is 5.26 Å². The van der Waals surface area contributed by atoms with Crippen molar-refractivity contribution in [2.24, 2.45) is 0 Å². The topological polar surface area (TPSA) is 23.8 Å². The van der Waals surface area contributed by atoms with Crippen LogP contribution in [-0.4, -0.2) is 0 Å². The van der Waals surface area contributed by atoms with Gasteiger partial charge >= 0.3 is 0 Å². The number of nitrogens with zero attached hydrogens (tertiary/aromatic N) is 1. The van der Waals surface area contributed by atoms with Crippen LogP contribution in [0.1, 0.15) is 5.56 Å². The third-order valence-corrected chi connectivity index (χ3v) is 8.22. The van der Waals surface area contributed by atoms with Crippen LogP contribution in [0.15, 0.2) is 140 Å². The molecule has 0 heterocycles. The number of nitriles is 1. The SMILES string of the molecule is N#Cc1cccc(-c2cccc(-c3ccc4cc(-c5ccc6c7c(cccc57)-c5ccccc5-6)ccc4c3)c2)c1. The quantitative estimate of drug-likeness (QED) is 0.234. The largest absolute Gasteiger partial charge is 0.192 e. The Hall–Kier alpha value is -5.45. The number of fused-ring (bicyclic) bond motifs is 4. The van der Waals surface area contributed by atoms with E-state index in [0.717, 1.165) is 16.7 Å². The van der Waals surface area contributed by atoms with Gasteiger partial charge in [-0.15, -0.1) is 0 Å². The fraction of sp³-hybridized carbons (Fsp3) is 0. The molecule has 0 spiro atoms. The van der Waals surface area contributed by atoms with Crippen molar-refractivity contribution >= 4 is 21.5 Å². The van der Waals surface area contributed by atoms with Gasteiger partial charge in [-0.05, 0) is 108 Å². The molecule has 40 heavy (non-hydrogen) atoms. The van der Waals surface area contributed by atoms with Crippen LogP contribution in [0.2, 0.25) is 0 Å². The van der Waals surface area contributed by atoms with Crippen molar-refractivity contribution < 1.29 is 0 Å². The smallest absolute Gasteiger partial charge is 0.0991 e. The first-order chi connectivity index (χ1) is 19.8. The Morgan fingerprint density at radius 2 is 0.925 bits per heavy atom. The lowest BCUT2D eigenvalue weighted by Crippen LogP contribution is -1.85. The summed E-state index contributed by atoms with van der Waals surface area (Å²) < 4.78 is 0. The van der Waals surface area contributed by atoms with Gasteiger partial charge in [-0.1, -0.05) is 109 Å². The highest BCUT2D eigenvalue weighted by atomic mass is 14.3. The van der Waals surface area contributed by atoms with E-state index >= 15 is 0 Å². The van der Waals surface area contributed by atoms with Crippen molar-refractivity contribution in [1.82, 2.24) is 0 Å². The van der Waals surface area contributed by atoms with Crippen molar-refractivity contribution in [2.75, 3.05) is 0 Å². The molecule has 7 aromatic rings. The molecule has 0 saturated heterocycles. The second kappa shape index (κ2) is 8.80. The molecule has 0 fully saturated rings. The first-order valence-electron chi connectivity index (χ1n) is 13.6. The van der Waals surface area contributed by atoms with Gasteiger partial charge in [0, 0.05) is 0 Å². The summed E-state index contributed by atoms with van der Waals surface area (Å²) in [7, 11) is 0. The van der Waals surface area contributed by atoms with Gasteiger partial charge in [-0.25, -0.2) is 0 Å². The van der Waals surface area contributed by atoms with Crippen LogP contribution < -0.4 is 0 Å². The van der Waals surface area contributed by atoms with Gasteiger partial charge < -0.3 is 0 Å². The van der Waals surface area contributed by atoms with Crippen LogP contribution in [-0.2, 0) is 0 Å². The molecular weight excluding hydrogens is 482 g/mol. The average Bonchev–Trinajstić information content (AvgIpc) is 3.36. The number of benzene rings is 7. The number of hydrogen-bond acceptors (Lipinski definition) is 1. The van der Waals surface area contributed by atoms with E-state index in [1.807, 2.05) is 18.2 Å². The minimum absolute atomic E-state index is 0.675. The Balaban J connectivity index is 1.19. The highest BCUT2D eigenvalue weighted by Crippen LogP contribution is 2.49. The maximum Gasteiger partial charge on any atom is 0.0991 e. The fourth-order valence-corrected chi connectivity index (χ4v) is 6.30. The van der Waals surface area contributed by atoms with Crippen molar-refractivity contribution in [2.45, 2.75) is 0 Å². The molecule has 184 valence electrons. The summed E-state index contributed by atoms with van der Waals surface area (Å²) in [6, 6.07) is 52.1. The highest BCUT2D eigenvalue weighted by Gasteiger charge is 2.22. The monoisotopic (exact) mass is 505 g/mol. The lowest BCUT2D eigenvalue weighted by atomic mass is 9.92. The first kappa shape index (κ1) is 22.5. The molecule has 0 unspecified atom stereocenters. The van der Waals surface area contributed by atoms with Gasteiger partial charge in [-0.2, -0.15) is 5.26 Å². The number of rotatable bonds is 3. The van der Waals surface area contributed by atoms with E-state index in [1.54, 1.807) is 0 Å². The Morgan fingerprint density at radius 1 is 0.375 bits per heavy atom. The highest BCUT2D eigenvalue weighted by molar-refractivity contribution is 6.18. The van der Waals surface area contributed by atoms with Crippen LogP contribution in [0.25, 0.3) is 77.2 Å². The zero-order valence-corrected chi connectivity index (χ0v) is 21.7. The van der Waals surface area contributed by atoms with Gasteiger partial charge in [0.1, 0.15) is 0 Å². The predicted molar refractivity (Wildman–Crippen MR) is 167 cm³/mol. The van der Waals surface area contributed by atoms with Gasteiger partial charge in [0.05, 0.1) is 11.6 Å². The third kappa shape index (κ3) is 3.48. The lowest BCUT2D eigenvalue weighted by molar-refractivity contribution is 1.48. The zero-order chi connectivity index (χ0) is 26.6. The van der Waals surface area contributed by atoms with Gasteiger partial charge in [0.15, 0.2) is 0 Å². The normalized spacial score (nSPS) is 11.5. The molecule has 0 amide bonds. The molecular formula is C39H23N. The maximum atomic E-state index is 9.30. The first-order valence-corrected chi connectivity index (χ1v) is 13.6. The van der Waals surface area contributed by atoms with E-state index in [-0.39, 0.29) is 0 Å². The Morgan fingerprint density at radius 3 is 1.68 bits per heavy atom. The lowest BCUT2D eigenvalue weighted by Gasteiger charge is -2.12. The molecule has 0 bridgehead atoms. The Bertz CT molecular complexity index is 2150. The van der Waals surface area contributed by atoms with Crippen LogP contribution >= 0.6 is 0 Å². The number of hydrogen-bond donors (Lipinski definition) is 0. The standard InChI is InChI=1S/C39H23N/c40-24-25-6-3-7-26(20-25)27-8-4-9-28(21-27)29-14-15-31-23-32(17-16-30(31)22-29)33-18-19-38-35-11-2-1-10-34(35)37-13-5-12-36(33)39(37)38/h1-23H. The third-order valence-electron chi connectivity index (χ3n) is 8.22. The minimum atomic E-state index is 0.675. The molecule has 7 aromatic carbocycles. The minimum Gasteiger partial charge on any atom is -0.192 e. The van der Waals surface area contributed by atoms with Crippen molar-refractivity contribution in [3.05, 3.63) is 145 Å². The van der Waals surface area contributed by atoms with E-state index in [2.05, 4.69) is 127 Å². The molecule has 0 aliphatic heterocycles. The second-order valence-corrected chi connectivity index (χ2v) is 10.5. The zero-order valence-electron chi connectivity index (χ0n) is 21.7. The van der Waals surface area contributed by atoms with E-state index in [0.29, 0.717) is 5.56 Å². The molecule has 1 aliphatic rings. The molecule has 8 rings (SSSR count). The van der Waals surface area contributed by atoms with Crippen LogP contribution in [0.3, 0.4) is 0 Å². The maximum absolute atomic E-state index is 9.30. The van der Waals surface area contributed by atoms with E-state index < -0.39 is 0 Å². The Kier molecular flexibility index (Phi) is 4.96. The summed E-state index contributed by atoms with van der Waals surface area (Å²) in [5.41, 5.74) is 13.0. The molecule has 1 aliphatic carbocycles. The van der Waals surface area contributed by atoms with Crippen molar-refractivity contribution in [3.8, 4) is 61.7 Å². The molecule has 1 heteroatoms. The van der Waals surface area contributed by atoms with Crippen LogP contribution in [0, 0.1) is 11.3 Å². The molecule has 0 atom stereocenters. The molecule has 0 N–H and O–H groups in total. The Labute approximate surface area is 233 Å². The van der Waals surface area contributed by atoms with Gasteiger partial charge in [0.2, 0.25) is 0 Å². The molecule has 1 nitrogen and oxygen atoms in total. The van der Waals surface area contributed by atoms with E-state index in [9.17, 15) is 5.26 Å². The fourth-order valence-electron chi connectivity index (χ4n) is 6.30. The van der Waals surface area contributed by atoms with Crippen molar-refractivity contribution in [3.63, 3.8) is 0 Å². The summed E-state index contributed by atoms with van der Waals surface area (Å²) in [5, 5.41) is 14.4. The molecule has 0 radical (unpaired) electrons. The van der Waals surface area contributed by atoms with Crippen LogP contribution in [0.5, 0.6) is 0 Å². The average molecular weight is 506 g/mol. The van der Waals surface area contributed by atoms with Crippen LogP contribution in [0.4, 0.5) is 0 Å². The second-order valence-electron chi connectivity index (χ2n) is 10.5. The summed E-state index contributed by atoms with van der Waals surface area (Å²) in [6.07, 6.45) is 0. The molecule has 0 saturated carbocycles.